The third kappa shape index (κ3) is 4.75. The maximum absolute atomic E-state index is 12.5. The van der Waals surface area contributed by atoms with Gasteiger partial charge in [-0.25, -0.2) is 0 Å². The summed E-state index contributed by atoms with van der Waals surface area (Å²) < 4.78 is 0. The number of aryl methyl sites for hydroxylation is 1. The van der Waals surface area contributed by atoms with Crippen molar-refractivity contribution in [2.75, 3.05) is 13.1 Å². The monoisotopic (exact) mass is 318 g/mol. The van der Waals surface area contributed by atoms with Gasteiger partial charge in [-0.05, 0) is 23.8 Å². The summed E-state index contributed by atoms with van der Waals surface area (Å²) in [4.78, 5) is 15.3. The molecule has 0 aliphatic carbocycles. The van der Waals surface area contributed by atoms with Crippen molar-refractivity contribution in [2.45, 2.75) is 27.2 Å². The molecule has 1 rings (SSSR count). The average Bonchev–Trinajstić information content (AvgIpc) is 2.64. The van der Waals surface area contributed by atoms with Gasteiger partial charge in [0.25, 0.3) is 5.91 Å². The third-order valence-corrected chi connectivity index (χ3v) is 4.48. The Bertz CT molecular complexity index is 471. The van der Waals surface area contributed by atoms with E-state index < -0.39 is 0 Å². The van der Waals surface area contributed by atoms with Crippen molar-refractivity contribution in [1.82, 2.24) is 4.90 Å². The van der Waals surface area contributed by atoms with Gasteiger partial charge < -0.3 is 10.6 Å². The number of carbonyl (C=O) groups is 1. The SMILES string of the molecule is Cc1csc(C(=O)N(CCC(N)=S)CC(C)C)c1Cl. The largest absolute Gasteiger partial charge is 0.393 e. The van der Waals surface area contributed by atoms with E-state index in [2.05, 4.69) is 13.8 Å². The van der Waals surface area contributed by atoms with Gasteiger partial charge >= 0.3 is 0 Å². The Morgan fingerprint density at radius 2 is 2.21 bits per heavy atom. The molecule has 0 unspecified atom stereocenters. The van der Waals surface area contributed by atoms with Crippen LogP contribution in [0.3, 0.4) is 0 Å². The summed E-state index contributed by atoms with van der Waals surface area (Å²) in [5.41, 5.74) is 6.45. The quantitative estimate of drug-likeness (QED) is 0.817. The summed E-state index contributed by atoms with van der Waals surface area (Å²) in [6, 6.07) is 0. The van der Waals surface area contributed by atoms with Crippen molar-refractivity contribution in [3.05, 3.63) is 20.8 Å². The first-order valence-corrected chi connectivity index (χ1v) is 7.80. The van der Waals surface area contributed by atoms with Crippen LogP contribution in [0.15, 0.2) is 5.38 Å². The highest BCUT2D eigenvalue weighted by Crippen LogP contribution is 2.28. The Morgan fingerprint density at radius 1 is 1.58 bits per heavy atom. The fraction of sp³-hybridized carbons (Fsp3) is 0.538. The fourth-order valence-corrected chi connectivity index (χ4v) is 3.01. The second-order valence-electron chi connectivity index (χ2n) is 4.92. The molecular weight excluding hydrogens is 300 g/mol. The third-order valence-electron chi connectivity index (χ3n) is 2.59. The molecule has 0 atom stereocenters. The van der Waals surface area contributed by atoms with Crippen LogP contribution >= 0.6 is 35.2 Å². The number of halogens is 1. The molecule has 0 aromatic carbocycles. The molecule has 0 radical (unpaired) electrons. The van der Waals surface area contributed by atoms with Gasteiger partial charge in [0.1, 0.15) is 4.88 Å². The fourth-order valence-electron chi connectivity index (χ4n) is 1.68. The lowest BCUT2D eigenvalue weighted by Gasteiger charge is -2.24. The van der Waals surface area contributed by atoms with Gasteiger partial charge in [-0.2, -0.15) is 0 Å². The number of rotatable bonds is 6. The lowest BCUT2D eigenvalue weighted by atomic mass is 10.2. The van der Waals surface area contributed by atoms with Crippen molar-refractivity contribution in [1.29, 1.82) is 0 Å². The van der Waals surface area contributed by atoms with E-state index in [0.717, 1.165) is 5.56 Å². The van der Waals surface area contributed by atoms with Crippen LogP contribution in [0.4, 0.5) is 0 Å². The van der Waals surface area contributed by atoms with Gasteiger partial charge in [-0.15, -0.1) is 11.3 Å². The topological polar surface area (TPSA) is 46.3 Å². The highest BCUT2D eigenvalue weighted by atomic mass is 35.5. The van der Waals surface area contributed by atoms with E-state index in [1.807, 2.05) is 12.3 Å². The number of hydrogen-bond donors (Lipinski definition) is 1. The normalized spacial score (nSPS) is 10.8. The van der Waals surface area contributed by atoms with Crippen LogP contribution in [0.5, 0.6) is 0 Å². The van der Waals surface area contributed by atoms with E-state index in [4.69, 9.17) is 29.6 Å². The van der Waals surface area contributed by atoms with Crippen LogP contribution in [-0.2, 0) is 0 Å². The Hall–Kier alpha value is -0.650. The molecule has 0 spiro atoms. The number of amides is 1. The van der Waals surface area contributed by atoms with Gasteiger partial charge in [0.05, 0.1) is 10.0 Å². The van der Waals surface area contributed by atoms with Gasteiger partial charge in [0.2, 0.25) is 0 Å². The molecular formula is C13H19ClN2OS2. The predicted octanol–water partition coefficient (Wildman–Crippen LogP) is 3.48. The molecule has 1 amide bonds. The Labute approximate surface area is 128 Å². The first kappa shape index (κ1) is 16.4. The van der Waals surface area contributed by atoms with Gasteiger partial charge in [-0.1, -0.05) is 37.7 Å². The molecule has 3 nitrogen and oxygen atoms in total. The standard InChI is InChI=1S/C13H19ClN2OS2/c1-8(2)6-16(5-4-10(15)18)13(17)12-11(14)9(3)7-19-12/h7-8H,4-6H2,1-3H3,(H2,15,18). The molecule has 0 aliphatic heterocycles. The van der Waals surface area contributed by atoms with Crippen LogP contribution in [0.25, 0.3) is 0 Å². The molecule has 0 saturated heterocycles. The summed E-state index contributed by atoms with van der Waals surface area (Å²) >= 11 is 12.4. The van der Waals surface area contributed by atoms with Crippen molar-refractivity contribution in [2.24, 2.45) is 11.7 Å². The lowest BCUT2D eigenvalue weighted by Crippen LogP contribution is -2.36. The van der Waals surface area contributed by atoms with Gasteiger partial charge in [0.15, 0.2) is 0 Å². The number of carbonyl (C=O) groups excluding carboxylic acids is 1. The number of nitrogens with zero attached hydrogens (tertiary/aromatic N) is 1. The molecule has 1 aromatic heterocycles. The zero-order valence-corrected chi connectivity index (χ0v) is 13.8. The van der Waals surface area contributed by atoms with Gasteiger partial charge in [-0.3, -0.25) is 4.79 Å². The van der Waals surface area contributed by atoms with E-state index in [0.29, 0.717) is 40.3 Å². The molecule has 19 heavy (non-hydrogen) atoms. The minimum atomic E-state index is -0.0342. The first-order valence-electron chi connectivity index (χ1n) is 6.14. The molecule has 0 fully saturated rings. The molecule has 1 aromatic rings. The Balaban J connectivity index is 2.87. The second kappa shape index (κ2) is 7.22. The molecule has 2 N–H and O–H groups in total. The Kier molecular flexibility index (Phi) is 6.23. The molecule has 106 valence electrons. The smallest absolute Gasteiger partial charge is 0.265 e. The zero-order chi connectivity index (χ0) is 14.6. The number of thiophene rings is 1. The van der Waals surface area contributed by atoms with Crippen LogP contribution < -0.4 is 5.73 Å². The van der Waals surface area contributed by atoms with Crippen LogP contribution in [0, 0.1) is 12.8 Å². The molecule has 0 saturated carbocycles. The highest BCUT2D eigenvalue weighted by Gasteiger charge is 2.21. The van der Waals surface area contributed by atoms with Crippen LogP contribution in [-0.4, -0.2) is 28.9 Å². The van der Waals surface area contributed by atoms with E-state index >= 15 is 0 Å². The maximum atomic E-state index is 12.5. The lowest BCUT2D eigenvalue weighted by molar-refractivity contribution is 0.0746. The van der Waals surface area contributed by atoms with Crippen molar-refractivity contribution < 1.29 is 4.79 Å². The van der Waals surface area contributed by atoms with Crippen LogP contribution in [0.2, 0.25) is 5.02 Å². The second-order valence-corrected chi connectivity index (χ2v) is 6.71. The molecule has 0 bridgehead atoms. The number of thiocarbonyl (C=S) groups is 1. The van der Waals surface area contributed by atoms with E-state index in [-0.39, 0.29) is 5.91 Å². The summed E-state index contributed by atoms with van der Waals surface area (Å²) in [6.45, 7) is 7.26. The summed E-state index contributed by atoms with van der Waals surface area (Å²) in [6.07, 6.45) is 0.537. The minimum Gasteiger partial charge on any atom is -0.393 e. The minimum absolute atomic E-state index is 0.0342. The van der Waals surface area contributed by atoms with E-state index in [1.165, 1.54) is 11.3 Å². The number of hydrogen-bond acceptors (Lipinski definition) is 3. The molecule has 6 heteroatoms. The summed E-state index contributed by atoms with van der Waals surface area (Å²) in [5, 5.41) is 2.45. The van der Waals surface area contributed by atoms with E-state index in [9.17, 15) is 4.79 Å². The zero-order valence-electron chi connectivity index (χ0n) is 11.4. The summed E-state index contributed by atoms with van der Waals surface area (Å²) in [5.74, 6) is 0.350. The van der Waals surface area contributed by atoms with Crippen molar-refractivity contribution in [3.8, 4) is 0 Å². The van der Waals surface area contributed by atoms with Gasteiger partial charge in [0, 0.05) is 19.5 Å². The van der Waals surface area contributed by atoms with Crippen LogP contribution in [0.1, 0.15) is 35.5 Å². The first-order chi connectivity index (χ1) is 8.82. The molecule has 0 aliphatic rings. The predicted molar refractivity (Wildman–Crippen MR) is 86.2 cm³/mol. The average molecular weight is 319 g/mol. The maximum Gasteiger partial charge on any atom is 0.265 e. The van der Waals surface area contributed by atoms with Crippen molar-refractivity contribution >= 4 is 46.1 Å². The number of nitrogens with two attached hydrogens (primary N) is 1. The highest BCUT2D eigenvalue weighted by molar-refractivity contribution is 7.80. The Morgan fingerprint density at radius 3 is 2.63 bits per heavy atom. The summed E-state index contributed by atoms with van der Waals surface area (Å²) in [7, 11) is 0. The van der Waals surface area contributed by atoms with E-state index in [1.54, 1.807) is 4.90 Å². The molecule has 1 heterocycles. The van der Waals surface area contributed by atoms with Crippen molar-refractivity contribution in [3.63, 3.8) is 0 Å².